The standard InChI is InChI=1S/C20H20N2O2S/c1-3-4-13-24-18-11-9-17(10-12-18)20-22-21-19(25-20)16-7-5-15(6-8-16)14(2)23/h5-12H,3-4,13H2,1-2H3. The summed E-state index contributed by atoms with van der Waals surface area (Å²) in [5.41, 5.74) is 2.69. The normalized spacial score (nSPS) is 10.6. The summed E-state index contributed by atoms with van der Waals surface area (Å²) in [6.45, 7) is 4.45. The van der Waals surface area contributed by atoms with Gasteiger partial charge in [0.15, 0.2) is 5.78 Å². The van der Waals surface area contributed by atoms with Crippen molar-refractivity contribution >= 4 is 17.1 Å². The summed E-state index contributed by atoms with van der Waals surface area (Å²) < 4.78 is 5.68. The lowest BCUT2D eigenvalue weighted by Crippen LogP contribution is -1.95. The van der Waals surface area contributed by atoms with Crippen molar-refractivity contribution in [3.8, 4) is 26.9 Å². The molecule has 0 fully saturated rings. The molecule has 0 unspecified atom stereocenters. The van der Waals surface area contributed by atoms with Crippen LogP contribution < -0.4 is 4.74 Å². The molecule has 0 spiro atoms. The molecule has 0 saturated heterocycles. The van der Waals surface area contributed by atoms with E-state index in [9.17, 15) is 4.79 Å². The molecule has 25 heavy (non-hydrogen) atoms. The van der Waals surface area contributed by atoms with Crippen molar-refractivity contribution in [2.75, 3.05) is 6.61 Å². The molecular weight excluding hydrogens is 332 g/mol. The fourth-order valence-corrected chi connectivity index (χ4v) is 3.19. The van der Waals surface area contributed by atoms with Crippen LogP contribution in [0.2, 0.25) is 0 Å². The maximum atomic E-state index is 11.4. The molecule has 1 aromatic heterocycles. The van der Waals surface area contributed by atoms with Crippen molar-refractivity contribution in [1.29, 1.82) is 0 Å². The van der Waals surface area contributed by atoms with Crippen molar-refractivity contribution in [2.24, 2.45) is 0 Å². The smallest absolute Gasteiger partial charge is 0.159 e. The Labute approximate surface area is 151 Å². The van der Waals surface area contributed by atoms with Crippen LogP contribution in [0.3, 0.4) is 0 Å². The van der Waals surface area contributed by atoms with E-state index >= 15 is 0 Å². The number of nitrogens with zero attached hydrogens (tertiary/aromatic N) is 2. The van der Waals surface area contributed by atoms with Crippen LogP contribution in [0.15, 0.2) is 48.5 Å². The molecule has 5 heteroatoms. The van der Waals surface area contributed by atoms with Crippen LogP contribution in [0.1, 0.15) is 37.0 Å². The van der Waals surface area contributed by atoms with Crippen molar-refractivity contribution < 1.29 is 9.53 Å². The molecule has 0 saturated carbocycles. The minimum atomic E-state index is 0.0609. The lowest BCUT2D eigenvalue weighted by atomic mass is 10.1. The van der Waals surface area contributed by atoms with E-state index in [1.165, 1.54) is 11.3 Å². The van der Waals surface area contributed by atoms with Gasteiger partial charge in [0.05, 0.1) is 6.61 Å². The molecule has 0 aliphatic heterocycles. The van der Waals surface area contributed by atoms with Gasteiger partial charge in [-0.2, -0.15) is 0 Å². The van der Waals surface area contributed by atoms with E-state index in [0.717, 1.165) is 46.3 Å². The number of ketones is 1. The predicted octanol–water partition coefficient (Wildman–Crippen LogP) is 5.25. The molecule has 0 N–H and O–H groups in total. The summed E-state index contributed by atoms with van der Waals surface area (Å²) in [5.74, 6) is 0.938. The van der Waals surface area contributed by atoms with Crippen molar-refractivity contribution in [3.05, 3.63) is 54.1 Å². The number of hydrogen-bond acceptors (Lipinski definition) is 5. The van der Waals surface area contributed by atoms with Gasteiger partial charge in [0.1, 0.15) is 15.8 Å². The van der Waals surface area contributed by atoms with Crippen molar-refractivity contribution in [3.63, 3.8) is 0 Å². The number of rotatable bonds is 7. The molecule has 128 valence electrons. The number of Topliss-reactive ketones (excluding diaryl/α,β-unsaturated/α-hetero) is 1. The van der Waals surface area contributed by atoms with Crippen LogP contribution in [0.4, 0.5) is 0 Å². The van der Waals surface area contributed by atoms with E-state index in [2.05, 4.69) is 17.1 Å². The zero-order chi connectivity index (χ0) is 17.6. The van der Waals surface area contributed by atoms with Crippen LogP contribution >= 0.6 is 11.3 Å². The molecule has 0 amide bonds. The highest BCUT2D eigenvalue weighted by Gasteiger charge is 2.09. The number of unbranched alkanes of at least 4 members (excludes halogenated alkanes) is 1. The molecule has 0 radical (unpaired) electrons. The Bertz CT molecular complexity index is 839. The summed E-state index contributed by atoms with van der Waals surface area (Å²) in [4.78, 5) is 11.4. The molecule has 3 aromatic rings. The van der Waals surface area contributed by atoms with Gasteiger partial charge < -0.3 is 4.74 Å². The first-order valence-corrected chi connectivity index (χ1v) is 9.17. The Morgan fingerprint density at radius 1 is 0.960 bits per heavy atom. The monoisotopic (exact) mass is 352 g/mol. The van der Waals surface area contributed by atoms with Gasteiger partial charge in [-0.15, -0.1) is 10.2 Å². The summed E-state index contributed by atoms with van der Waals surface area (Å²) in [7, 11) is 0. The average Bonchev–Trinajstić information content (AvgIpc) is 3.13. The van der Waals surface area contributed by atoms with Gasteiger partial charge in [-0.3, -0.25) is 4.79 Å². The molecule has 3 rings (SSSR count). The van der Waals surface area contributed by atoms with Crippen molar-refractivity contribution in [1.82, 2.24) is 10.2 Å². The van der Waals surface area contributed by atoms with Gasteiger partial charge in [-0.1, -0.05) is 48.9 Å². The number of aromatic nitrogens is 2. The van der Waals surface area contributed by atoms with Crippen molar-refractivity contribution in [2.45, 2.75) is 26.7 Å². The number of carbonyl (C=O) groups excluding carboxylic acids is 1. The first kappa shape index (κ1) is 17.3. The molecule has 2 aromatic carbocycles. The van der Waals surface area contributed by atoms with Crippen LogP contribution in [-0.2, 0) is 0 Å². The topological polar surface area (TPSA) is 52.1 Å². The molecule has 4 nitrogen and oxygen atoms in total. The van der Waals surface area contributed by atoms with E-state index in [0.29, 0.717) is 5.56 Å². The van der Waals surface area contributed by atoms with Gasteiger partial charge in [0.2, 0.25) is 0 Å². The maximum Gasteiger partial charge on any atom is 0.159 e. The van der Waals surface area contributed by atoms with Crippen LogP contribution in [0.5, 0.6) is 5.75 Å². The third kappa shape index (κ3) is 4.31. The van der Waals surface area contributed by atoms with E-state index < -0.39 is 0 Å². The highest BCUT2D eigenvalue weighted by Crippen LogP contribution is 2.31. The van der Waals surface area contributed by atoms with Gasteiger partial charge in [0, 0.05) is 16.7 Å². The Morgan fingerprint density at radius 2 is 1.52 bits per heavy atom. The SMILES string of the molecule is CCCCOc1ccc(-c2nnc(-c3ccc(C(C)=O)cc3)s2)cc1. The number of ether oxygens (including phenoxy) is 1. The average molecular weight is 352 g/mol. The Balaban J connectivity index is 1.73. The zero-order valence-corrected chi connectivity index (χ0v) is 15.2. The second kappa shape index (κ2) is 8.03. The first-order chi connectivity index (χ1) is 12.2. The van der Waals surface area contributed by atoms with Crippen LogP contribution in [0, 0.1) is 0 Å². The van der Waals surface area contributed by atoms with E-state index in [1.807, 2.05) is 48.5 Å². The zero-order valence-electron chi connectivity index (χ0n) is 14.4. The molecule has 0 atom stereocenters. The van der Waals surface area contributed by atoms with Gasteiger partial charge in [-0.05, 0) is 37.6 Å². The third-order valence-electron chi connectivity index (χ3n) is 3.83. The summed E-state index contributed by atoms with van der Waals surface area (Å²) in [5, 5.41) is 10.3. The maximum absolute atomic E-state index is 11.4. The fraction of sp³-hybridized carbons (Fsp3) is 0.250. The number of carbonyl (C=O) groups is 1. The summed E-state index contributed by atoms with van der Waals surface area (Å²) in [6.07, 6.45) is 2.18. The van der Waals surface area contributed by atoms with E-state index in [-0.39, 0.29) is 5.78 Å². The molecule has 0 aliphatic rings. The highest BCUT2D eigenvalue weighted by molar-refractivity contribution is 7.17. The molecule has 0 aliphatic carbocycles. The van der Waals surface area contributed by atoms with Gasteiger partial charge in [-0.25, -0.2) is 0 Å². The Morgan fingerprint density at radius 3 is 2.04 bits per heavy atom. The van der Waals surface area contributed by atoms with Gasteiger partial charge >= 0.3 is 0 Å². The third-order valence-corrected chi connectivity index (χ3v) is 4.85. The van der Waals surface area contributed by atoms with E-state index in [1.54, 1.807) is 6.92 Å². The predicted molar refractivity (Wildman–Crippen MR) is 101 cm³/mol. The number of hydrogen-bond donors (Lipinski definition) is 0. The molecular formula is C20H20N2O2S. The second-order valence-electron chi connectivity index (χ2n) is 5.77. The minimum absolute atomic E-state index is 0.0609. The highest BCUT2D eigenvalue weighted by atomic mass is 32.1. The van der Waals surface area contributed by atoms with Crippen LogP contribution in [0.25, 0.3) is 21.1 Å². The second-order valence-corrected chi connectivity index (χ2v) is 6.75. The lowest BCUT2D eigenvalue weighted by Gasteiger charge is -2.05. The van der Waals surface area contributed by atoms with E-state index in [4.69, 9.17) is 4.74 Å². The quantitative estimate of drug-likeness (QED) is 0.430. The summed E-state index contributed by atoms with van der Waals surface area (Å²) >= 11 is 1.53. The minimum Gasteiger partial charge on any atom is -0.494 e. The lowest BCUT2D eigenvalue weighted by molar-refractivity contribution is 0.101. The van der Waals surface area contributed by atoms with Crippen LogP contribution in [-0.4, -0.2) is 22.6 Å². The first-order valence-electron chi connectivity index (χ1n) is 8.35. The summed E-state index contributed by atoms with van der Waals surface area (Å²) in [6, 6.07) is 15.4. The number of benzene rings is 2. The van der Waals surface area contributed by atoms with Gasteiger partial charge in [0.25, 0.3) is 0 Å². The molecule has 1 heterocycles. The largest absolute Gasteiger partial charge is 0.494 e. The Hall–Kier alpha value is -2.53. The molecule has 0 bridgehead atoms. The fourth-order valence-electron chi connectivity index (χ4n) is 2.33. The Kier molecular flexibility index (Phi) is 5.56.